The zero-order chi connectivity index (χ0) is 16.1. The van der Waals surface area contributed by atoms with Crippen LogP contribution in [0.2, 0.25) is 0 Å². The number of anilines is 1. The minimum Gasteiger partial charge on any atom is -0.335 e. The SMILES string of the molecule is O=C(NCC(c1cccs1)n1cccn1)Nc1ccccc1F. The largest absolute Gasteiger partial charge is 0.335 e. The van der Waals surface area contributed by atoms with Gasteiger partial charge in [-0.05, 0) is 29.6 Å². The highest BCUT2D eigenvalue weighted by Gasteiger charge is 2.16. The topological polar surface area (TPSA) is 59.0 Å². The molecule has 0 radical (unpaired) electrons. The van der Waals surface area contributed by atoms with E-state index in [1.54, 1.807) is 34.3 Å². The fourth-order valence-corrected chi connectivity index (χ4v) is 3.01. The molecule has 1 atom stereocenters. The van der Waals surface area contributed by atoms with E-state index in [0.717, 1.165) is 4.88 Å². The number of carbonyl (C=O) groups excluding carboxylic acids is 1. The molecule has 2 heterocycles. The van der Waals surface area contributed by atoms with Crippen LogP contribution in [-0.2, 0) is 0 Å². The highest BCUT2D eigenvalue weighted by molar-refractivity contribution is 7.10. The second kappa shape index (κ2) is 7.06. The average Bonchev–Trinajstić information content (AvgIpc) is 3.23. The van der Waals surface area contributed by atoms with Gasteiger partial charge >= 0.3 is 6.03 Å². The second-order valence-electron chi connectivity index (χ2n) is 4.83. The van der Waals surface area contributed by atoms with E-state index in [-0.39, 0.29) is 11.7 Å². The quantitative estimate of drug-likeness (QED) is 0.752. The predicted molar refractivity (Wildman–Crippen MR) is 88.1 cm³/mol. The number of benzene rings is 1. The Labute approximate surface area is 136 Å². The number of amides is 2. The van der Waals surface area contributed by atoms with Gasteiger partial charge in [0.05, 0.1) is 5.69 Å². The Bertz CT molecular complexity index is 724. The summed E-state index contributed by atoms with van der Waals surface area (Å²) in [5.41, 5.74) is 0.150. The Morgan fingerprint density at radius 1 is 1.26 bits per heavy atom. The molecule has 0 fully saturated rings. The van der Waals surface area contributed by atoms with Gasteiger partial charge in [0.1, 0.15) is 11.9 Å². The molecule has 7 heteroatoms. The number of hydrogen-bond donors (Lipinski definition) is 2. The number of urea groups is 1. The first-order chi connectivity index (χ1) is 11.2. The fourth-order valence-electron chi connectivity index (χ4n) is 2.19. The number of thiophene rings is 1. The van der Waals surface area contributed by atoms with Crippen molar-refractivity contribution in [1.82, 2.24) is 15.1 Å². The summed E-state index contributed by atoms with van der Waals surface area (Å²) in [7, 11) is 0. The molecule has 5 nitrogen and oxygen atoms in total. The first-order valence-corrected chi connectivity index (χ1v) is 7.94. The molecular formula is C16H15FN4OS. The summed E-state index contributed by atoms with van der Waals surface area (Å²) >= 11 is 1.59. The van der Waals surface area contributed by atoms with Gasteiger partial charge in [0.2, 0.25) is 0 Å². The van der Waals surface area contributed by atoms with Crippen LogP contribution in [0.15, 0.2) is 60.2 Å². The van der Waals surface area contributed by atoms with Gasteiger partial charge in [-0.3, -0.25) is 4.68 Å². The highest BCUT2D eigenvalue weighted by Crippen LogP contribution is 2.22. The molecule has 3 rings (SSSR count). The minimum atomic E-state index is -0.468. The third-order valence-corrected chi connectivity index (χ3v) is 4.27. The maximum Gasteiger partial charge on any atom is 0.319 e. The van der Waals surface area contributed by atoms with Crippen LogP contribution in [0.5, 0.6) is 0 Å². The lowest BCUT2D eigenvalue weighted by molar-refractivity contribution is 0.250. The summed E-state index contributed by atoms with van der Waals surface area (Å²) in [5.74, 6) is -0.468. The molecule has 3 aromatic rings. The molecule has 2 aromatic heterocycles. The standard InChI is InChI=1S/C16H15FN4OS/c17-12-5-1-2-6-13(12)20-16(22)18-11-14(15-7-3-10-23-15)21-9-4-8-19-21/h1-10,14H,11H2,(H2,18,20,22). The van der Waals surface area contributed by atoms with Crippen molar-refractivity contribution in [2.75, 3.05) is 11.9 Å². The zero-order valence-corrected chi connectivity index (χ0v) is 13.0. The molecule has 23 heavy (non-hydrogen) atoms. The summed E-state index contributed by atoms with van der Waals surface area (Å²) in [5, 5.41) is 11.5. The lowest BCUT2D eigenvalue weighted by Crippen LogP contribution is -2.34. The predicted octanol–water partition coefficient (Wildman–Crippen LogP) is 3.49. The molecule has 0 bridgehead atoms. The summed E-state index contributed by atoms with van der Waals surface area (Å²) in [6, 6.07) is 11.3. The molecule has 0 saturated heterocycles. The molecule has 2 amide bonds. The summed E-state index contributed by atoms with van der Waals surface area (Å²) < 4.78 is 15.3. The third-order valence-electron chi connectivity index (χ3n) is 3.29. The number of carbonyl (C=O) groups is 1. The second-order valence-corrected chi connectivity index (χ2v) is 5.81. The van der Waals surface area contributed by atoms with Crippen LogP contribution in [0.3, 0.4) is 0 Å². The summed E-state index contributed by atoms with van der Waals surface area (Å²) in [4.78, 5) is 13.1. The number of rotatable bonds is 5. The van der Waals surface area contributed by atoms with E-state index in [1.807, 2.05) is 29.8 Å². The minimum absolute atomic E-state index is 0.101. The van der Waals surface area contributed by atoms with Gasteiger partial charge in [-0.2, -0.15) is 5.10 Å². The molecule has 0 aliphatic carbocycles. The van der Waals surface area contributed by atoms with Crippen molar-refractivity contribution >= 4 is 23.1 Å². The first-order valence-electron chi connectivity index (χ1n) is 7.06. The van der Waals surface area contributed by atoms with E-state index < -0.39 is 11.8 Å². The van der Waals surface area contributed by atoms with Crippen molar-refractivity contribution in [1.29, 1.82) is 0 Å². The van der Waals surface area contributed by atoms with Crippen molar-refractivity contribution in [2.24, 2.45) is 0 Å². The average molecular weight is 330 g/mol. The number of hydrogen-bond acceptors (Lipinski definition) is 3. The van der Waals surface area contributed by atoms with Crippen LogP contribution < -0.4 is 10.6 Å². The van der Waals surface area contributed by atoms with E-state index in [0.29, 0.717) is 6.54 Å². The molecule has 1 aromatic carbocycles. The Morgan fingerprint density at radius 3 is 2.83 bits per heavy atom. The summed E-state index contributed by atoms with van der Waals surface area (Å²) in [6.45, 7) is 0.350. The normalized spacial score (nSPS) is 11.9. The van der Waals surface area contributed by atoms with Crippen molar-refractivity contribution in [3.63, 3.8) is 0 Å². The van der Waals surface area contributed by atoms with Crippen molar-refractivity contribution in [3.05, 3.63) is 70.9 Å². The number of para-hydroxylation sites is 1. The van der Waals surface area contributed by atoms with Crippen molar-refractivity contribution < 1.29 is 9.18 Å². The van der Waals surface area contributed by atoms with Gasteiger partial charge in [-0.1, -0.05) is 18.2 Å². The van der Waals surface area contributed by atoms with Crippen LogP contribution in [0.1, 0.15) is 10.9 Å². The summed E-state index contributed by atoms with van der Waals surface area (Å²) in [6.07, 6.45) is 3.54. The zero-order valence-electron chi connectivity index (χ0n) is 12.1. The van der Waals surface area contributed by atoms with Crippen LogP contribution in [0.25, 0.3) is 0 Å². The molecule has 0 saturated carbocycles. The van der Waals surface area contributed by atoms with E-state index in [2.05, 4.69) is 15.7 Å². The smallest absolute Gasteiger partial charge is 0.319 e. The number of aromatic nitrogens is 2. The Kier molecular flexibility index (Phi) is 4.68. The maximum absolute atomic E-state index is 13.5. The van der Waals surface area contributed by atoms with E-state index >= 15 is 0 Å². The van der Waals surface area contributed by atoms with Crippen LogP contribution in [-0.4, -0.2) is 22.4 Å². The Morgan fingerprint density at radius 2 is 2.13 bits per heavy atom. The molecule has 0 spiro atoms. The molecular weight excluding hydrogens is 315 g/mol. The van der Waals surface area contributed by atoms with E-state index in [1.165, 1.54) is 12.1 Å². The lowest BCUT2D eigenvalue weighted by Gasteiger charge is -2.17. The molecule has 1 unspecified atom stereocenters. The number of nitrogens with one attached hydrogen (secondary N) is 2. The monoisotopic (exact) mass is 330 g/mol. The highest BCUT2D eigenvalue weighted by atomic mass is 32.1. The third kappa shape index (κ3) is 3.75. The Hall–Kier alpha value is -2.67. The van der Waals surface area contributed by atoms with E-state index in [9.17, 15) is 9.18 Å². The molecule has 2 N–H and O–H groups in total. The number of nitrogens with zero attached hydrogens (tertiary/aromatic N) is 2. The lowest BCUT2D eigenvalue weighted by atomic mass is 10.2. The first kappa shape index (κ1) is 15.2. The van der Waals surface area contributed by atoms with Gasteiger partial charge in [0.15, 0.2) is 0 Å². The van der Waals surface area contributed by atoms with Crippen LogP contribution >= 0.6 is 11.3 Å². The van der Waals surface area contributed by atoms with Crippen molar-refractivity contribution in [3.8, 4) is 0 Å². The fraction of sp³-hybridized carbons (Fsp3) is 0.125. The van der Waals surface area contributed by atoms with Gasteiger partial charge < -0.3 is 10.6 Å². The van der Waals surface area contributed by atoms with Gasteiger partial charge in [0.25, 0.3) is 0 Å². The van der Waals surface area contributed by atoms with Crippen LogP contribution in [0, 0.1) is 5.82 Å². The molecule has 0 aliphatic rings. The number of halogens is 1. The molecule has 0 aliphatic heterocycles. The van der Waals surface area contributed by atoms with Gasteiger partial charge in [-0.25, -0.2) is 9.18 Å². The van der Waals surface area contributed by atoms with Gasteiger partial charge in [-0.15, -0.1) is 11.3 Å². The molecule has 118 valence electrons. The van der Waals surface area contributed by atoms with E-state index in [4.69, 9.17) is 0 Å². The Balaban J connectivity index is 1.65. The maximum atomic E-state index is 13.5. The van der Waals surface area contributed by atoms with Crippen molar-refractivity contribution in [2.45, 2.75) is 6.04 Å². The van der Waals surface area contributed by atoms with Gasteiger partial charge in [0, 0.05) is 23.8 Å². The van der Waals surface area contributed by atoms with Crippen LogP contribution in [0.4, 0.5) is 14.9 Å².